The lowest BCUT2D eigenvalue weighted by Gasteiger charge is -1.99. The van der Waals surface area contributed by atoms with Gasteiger partial charge in [-0.3, -0.25) is 0 Å². The number of thioether (sulfide) groups is 1. The minimum absolute atomic E-state index is 1.04. The Hall–Kier alpha value is 0.780. The summed E-state index contributed by atoms with van der Waals surface area (Å²) in [5, 5.41) is 0. The highest BCUT2D eigenvalue weighted by atomic mass is 32.2. The van der Waals surface area contributed by atoms with Gasteiger partial charge in [-0.25, -0.2) is 0 Å². The van der Waals surface area contributed by atoms with Crippen molar-refractivity contribution < 1.29 is 0 Å². The Balaban J connectivity index is 2.14. The molecule has 0 radical (unpaired) electrons. The molecule has 0 bridgehead atoms. The van der Waals surface area contributed by atoms with Crippen molar-refractivity contribution in [2.45, 2.75) is 17.8 Å². The number of rotatable bonds is 1. The molecule has 0 aromatic heterocycles. The van der Waals surface area contributed by atoms with Gasteiger partial charge < -0.3 is 0 Å². The van der Waals surface area contributed by atoms with E-state index in [1.165, 1.54) is 27.2 Å². The van der Waals surface area contributed by atoms with Crippen LogP contribution in [0.1, 0.15) is 12.8 Å². The third-order valence-corrected chi connectivity index (χ3v) is 4.55. The molecule has 0 saturated carbocycles. The lowest BCUT2D eigenvalue weighted by molar-refractivity contribution is 0.922. The van der Waals surface area contributed by atoms with Crippen LogP contribution < -0.4 is 0 Å². The highest BCUT2D eigenvalue weighted by Gasteiger charge is 2.11. The average molecular weight is 134 g/mol. The second kappa shape index (κ2) is 2.94. The van der Waals surface area contributed by atoms with Crippen LogP contribution in [0, 0.1) is 0 Å². The molecule has 1 saturated heterocycles. The van der Waals surface area contributed by atoms with Crippen molar-refractivity contribution >= 4 is 20.3 Å². The van der Waals surface area contributed by atoms with Crippen LogP contribution in [0.2, 0.25) is 0 Å². The largest absolute Gasteiger partial charge is 0.154 e. The van der Waals surface area contributed by atoms with Gasteiger partial charge in [-0.1, -0.05) is 0 Å². The van der Waals surface area contributed by atoms with Gasteiger partial charge >= 0.3 is 0 Å². The molecule has 0 nitrogen and oxygen atoms in total. The van der Waals surface area contributed by atoms with Gasteiger partial charge in [-0.05, 0) is 25.3 Å². The average Bonchev–Trinajstić information content (AvgIpc) is 2.14. The molecule has 1 aliphatic heterocycles. The molecule has 0 aromatic carbocycles. The van der Waals surface area contributed by atoms with Crippen molar-refractivity contribution in [1.29, 1.82) is 0 Å². The normalized spacial score (nSPS) is 33.0. The molecular formula is C5H11PS. The topological polar surface area (TPSA) is 0 Å². The van der Waals surface area contributed by atoms with E-state index in [1.807, 2.05) is 0 Å². The van der Waals surface area contributed by atoms with Crippen molar-refractivity contribution in [2.24, 2.45) is 0 Å². The summed E-state index contributed by atoms with van der Waals surface area (Å²) in [6.07, 6.45) is 2.95. The third-order valence-electron chi connectivity index (χ3n) is 1.25. The Morgan fingerprint density at radius 2 is 2.57 bits per heavy atom. The van der Waals surface area contributed by atoms with Crippen molar-refractivity contribution in [3.05, 3.63) is 0 Å². The zero-order valence-corrected chi connectivity index (χ0v) is 6.42. The Morgan fingerprint density at radius 1 is 1.71 bits per heavy atom. The first kappa shape index (κ1) is 5.91. The quantitative estimate of drug-likeness (QED) is 0.495. The predicted octanol–water partition coefficient (Wildman–Crippen LogP) is 2.15. The van der Waals surface area contributed by atoms with Crippen molar-refractivity contribution in [1.82, 2.24) is 0 Å². The lowest BCUT2D eigenvalue weighted by Crippen LogP contribution is -1.80. The van der Waals surface area contributed by atoms with Crippen LogP contribution in [0.4, 0.5) is 0 Å². The van der Waals surface area contributed by atoms with Crippen LogP contribution in [0.3, 0.4) is 0 Å². The molecule has 2 atom stereocenters. The van der Waals surface area contributed by atoms with Crippen LogP contribution >= 0.6 is 20.3 Å². The summed E-state index contributed by atoms with van der Waals surface area (Å²) in [5.41, 5.74) is 0. The fraction of sp³-hybridized carbons (Fsp3) is 1.00. The summed E-state index contributed by atoms with van der Waals surface area (Å²) < 4.78 is 0. The van der Waals surface area contributed by atoms with Crippen LogP contribution in [-0.4, -0.2) is 17.4 Å². The van der Waals surface area contributed by atoms with Gasteiger partial charge in [-0.15, -0.1) is 8.58 Å². The van der Waals surface area contributed by atoms with E-state index in [1.54, 1.807) is 0 Å². The number of hydrogen-bond acceptors (Lipinski definition) is 1. The summed E-state index contributed by atoms with van der Waals surface area (Å²) in [6.45, 7) is 2.31. The molecule has 42 valence electrons. The Morgan fingerprint density at radius 3 is 2.86 bits per heavy atom. The van der Waals surface area contributed by atoms with E-state index in [9.17, 15) is 0 Å². The monoisotopic (exact) mass is 134 g/mol. The minimum atomic E-state index is 1.04. The molecular weight excluding hydrogens is 123 g/mol. The van der Waals surface area contributed by atoms with E-state index < -0.39 is 0 Å². The van der Waals surface area contributed by atoms with E-state index in [2.05, 4.69) is 18.4 Å². The predicted molar refractivity (Wildman–Crippen MR) is 39.7 cm³/mol. The SMILES string of the molecule is CPC1CCCS1. The molecule has 2 unspecified atom stereocenters. The van der Waals surface area contributed by atoms with E-state index in [-0.39, 0.29) is 0 Å². The van der Waals surface area contributed by atoms with Gasteiger partial charge in [0, 0.05) is 4.99 Å². The molecule has 1 rings (SSSR count). The highest BCUT2D eigenvalue weighted by molar-refractivity contribution is 8.04. The van der Waals surface area contributed by atoms with Crippen LogP contribution in [0.25, 0.3) is 0 Å². The first-order chi connectivity index (χ1) is 3.43. The van der Waals surface area contributed by atoms with E-state index in [0.717, 1.165) is 4.99 Å². The molecule has 7 heavy (non-hydrogen) atoms. The first-order valence-corrected chi connectivity index (χ1v) is 5.35. The van der Waals surface area contributed by atoms with E-state index >= 15 is 0 Å². The van der Waals surface area contributed by atoms with E-state index in [0.29, 0.717) is 0 Å². The van der Waals surface area contributed by atoms with Crippen molar-refractivity contribution in [3.8, 4) is 0 Å². The van der Waals surface area contributed by atoms with Gasteiger partial charge in [0.1, 0.15) is 0 Å². The summed E-state index contributed by atoms with van der Waals surface area (Å²) >= 11 is 2.15. The molecule has 1 heterocycles. The smallest absolute Gasteiger partial charge is 0.0217 e. The summed E-state index contributed by atoms with van der Waals surface area (Å²) in [6, 6.07) is 0. The first-order valence-electron chi connectivity index (χ1n) is 2.72. The maximum absolute atomic E-state index is 2.31. The van der Waals surface area contributed by atoms with E-state index in [4.69, 9.17) is 0 Å². The molecule has 0 amide bonds. The van der Waals surface area contributed by atoms with Gasteiger partial charge in [0.25, 0.3) is 0 Å². The molecule has 2 heteroatoms. The van der Waals surface area contributed by atoms with Crippen molar-refractivity contribution in [3.63, 3.8) is 0 Å². The third kappa shape index (κ3) is 1.62. The Labute approximate surface area is 51.2 Å². The molecule has 1 aliphatic rings. The fourth-order valence-corrected chi connectivity index (χ4v) is 3.27. The molecule has 0 aromatic rings. The molecule has 0 aliphatic carbocycles. The zero-order chi connectivity index (χ0) is 5.11. The second-order valence-corrected chi connectivity index (χ2v) is 4.79. The maximum Gasteiger partial charge on any atom is 0.0217 e. The zero-order valence-electron chi connectivity index (χ0n) is 4.61. The minimum Gasteiger partial charge on any atom is -0.154 e. The summed E-state index contributed by atoms with van der Waals surface area (Å²) in [5.74, 6) is 1.42. The van der Waals surface area contributed by atoms with Gasteiger partial charge in [-0.2, -0.15) is 11.8 Å². The Kier molecular flexibility index (Phi) is 2.48. The second-order valence-electron chi connectivity index (χ2n) is 1.79. The number of hydrogen-bond donors (Lipinski definition) is 0. The maximum atomic E-state index is 2.31. The van der Waals surface area contributed by atoms with Gasteiger partial charge in [0.15, 0.2) is 0 Å². The van der Waals surface area contributed by atoms with Gasteiger partial charge in [0.05, 0.1) is 0 Å². The summed E-state index contributed by atoms with van der Waals surface area (Å²) in [4.78, 5) is 1.04. The van der Waals surface area contributed by atoms with Crippen molar-refractivity contribution in [2.75, 3.05) is 12.4 Å². The summed E-state index contributed by atoms with van der Waals surface area (Å²) in [7, 11) is 1.17. The lowest BCUT2D eigenvalue weighted by atomic mass is 10.4. The molecule has 0 N–H and O–H groups in total. The highest BCUT2D eigenvalue weighted by Crippen LogP contribution is 2.36. The standard InChI is InChI=1S/C5H11PS/c1-6-5-3-2-4-7-5/h5-6H,2-4H2,1H3. The van der Waals surface area contributed by atoms with Gasteiger partial charge in [0.2, 0.25) is 0 Å². The van der Waals surface area contributed by atoms with Crippen LogP contribution in [-0.2, 0) is 0 Å². The fourth-order valence-electron chi connectivity index (χ4n) is 0.805. The Bertz CT molecular complexity index is 50.0. The molecule has 0 spiro atoms. The van der Waals surface area contributed by atoms with Crippen LogP contribution in [0.15, 0.2) is 0 Å². The van der Waals surface area contributed by atoms with Crippen LogP contribution in [0.5, 0.6) is 0 Å². The molecule has 1 fully saturated rings.